The Morgan fingerprint density at radius 2 is 0.591 bits per heavy atom. The van der Waals surface area contributed by atoms with Crippen molar-refractivity contribution in [2.24, 2.45) is 0 Å². The maximum Gasteiger partial charge on any atom is 0 e. The summed E-state index contributed by atoms with van der Waals surface area (Å²) in [5.74, 6) is 47.6. The van der Waals surface area contributed by atoms with Crippen LogP contribution in [-0.4, -0.2) is 0 Å². The Morgan fingerprint density at radius 3 is 0.818 bits per heavy atom. The SMILES string of the molecule is [C]#CC#CC#CC#CC#CC#CC#CC#CC#CC#CC#C. The van der Waals surface area contributed by atoms with Crippen LogP contribution in [0.2, 0.25) is 0 Å². The maximum atomic E-state index is 6.50. The number of terminal acetylenes is 1. The van der Waals surface area contributed by atoms with Gasteiger partial charge >= 0.3 is 0 Å². The Balaban J connectivity index is 4.38. The first-order chi connectivity index (χ1) is 10.9. The first-order valence-corrected chi connectivity index (χ1v) is 5.29. The van der Waals surface area contributed by atoms with E-state index in [4.69, 9.17) is 12.8 Å². The predicted octanol–water partition coefficient (Wildman–Crippen LogP) is 0.240. The molecule has 0 rings (SSSR count). The molecule has 0 spiro atoms. The van der Waals surface area contributed by atoms with Crippen LogP contribution in [0.1, 0.15) is 0 Å². The van der Waals surface area contributed by atoms with E-state index < -0.39 is 0 Å². The van der Waals surface area contributed by atoms with Gasteiger partial charge in [0, 0.05) is 77.5 Å². The second-order valence-corrected chi connectivity index (χ2v) is 2.52. The second kappa shape index (κ2) is 16.2. The minimum absolute atomic E-state index is 1.87. The Hall–Kier alpha value is -4.84. The minimum atomic E-state index is 1.87. The van der Waals surface area contributed by atoms with E-state index in [0.29, 0.717) is 0 Å². The first kappa shape index (κ1) is 17.2. The van der Waals surface area contributed by atoms with E-state index in [0.717, 1.165) is 0 Å². The highest BCUT2D eigenvalue weighted by Gasteiger charge is 1.58. The fourth-order valence-corrected chi connectivity index (χ4v) is 0.567. The molecule has 0 atom stereocenters. The summed E-state index contributed by atoms with van der Waals surface area (Å²) in [7, 11) is 0. The highest BCUT2D eigenvalue weighted by atomic mass is 13.6. The Kier molecular flexibility index (Phi) is 12.6. The van der Waals surface area contributed by atoms with Gasteiger partial charge in [-0.05, 0) is 47.4 Å². The van der Waals surface area contributed by atoms with Gasteiger partial charge in [-0.15, -0.1) is 6.42 Å². The molecule has 0 aliphatic carbocycles. The first-order valence-electron chi connectivity index (χ1n) is 5.29. The van der Waals surface area contributed by atoms with E-state index in [1.165, 1.54) is 0 Å². The topological polar surface area (TPSA) is 0 Å². The summed E-state index contributed by atoms with van der Waals surface area (Å²) in [4.78, 5) is 0. The maximum absolute atomic E-state index is 6.50. The molecule has 0 aliphatic heterocycles. The van der Waals surface area contributed by atoms with Gasteiger partial charge in [-0.25, -0.2) is 0 Å². The zero-order valence-corrected chi connectivity index (χ0v) is 11.1. The van der Waals surface area contributed by atoms with Gasteiger partial charge in [-0.3, -0.25) is 0 Å². The second-order valence-electron chi connectivity index (χ2n) is 2.52. The van der Waals surface area contributed by atoms with E-state index in [9.17, 15) is 0 Å². The normalized spacial score (nSPS) is 3.73. The van der Waals surface area contributed by atoms with Gasteiger partial charge in [0.25, 0.3) is 0 Å². The average Bonchev–Trinajstić information content (AvgIpc) is 2.54. The zero-order valence-electron chi connectivity index (χ0n) is 11.1. The molecule has 0 saturated heterocycles. The van der Waals surface area contributed by atoms with Crippen LogP contribution in [0.3, 0.4) is 0 Å². The molecule has 0 aromatic rings. The van der Waals surface area contributed by atoms with Crippen molar-refractivity contribution in [1.29, 1.82) is 0 Å². The number of hydrogen-bond donors (Lipinski definition) is 0. The summed E-state index contributed by atoms with van der Waals surface area (Å²) < 4.78 is 0. The molecule has 0 heteroatoms. The van der Waals surface area contributed by atoms with Gasteiger partial charge < -0.3 is 0 Å². The highest BCUT2D eigenvalue weighted by Crippen LogP contribution is 1.58. The van der Waals surface area contributed by atoms with Crippen LogP contribution in [0.4, 0.5) is 0 Å². The largest absolute Gasteiger partial charge is 0.106 e. The summed E-state index contributed by atoms with van der Waals surface area (Å²) in [6, 6.07) is 0. The van der Waals surface area contributed by atoms with Gasteiger partial charge in [0.1, 0.15) is 0 Å². The van der Waals surface area contributed by atoms with Crippen molar-refractivity contribution in [3.05, 3.63) is 6.42 Å². The molecular weight excluding hydrogens is 264 g/mol. The minimum Gasteiger partial charge on any atom is -0.106 e. The van der Waals surface area contributed by atoms with Crippen molar-refractivity contribution in [3.8, 4) is 125 Å². The van der Waals surface area contributed by atoms with Gasteiger partial charge in [-0.1, -0.05) is 0 Å². The van der Waals surface area contributed by atoms with Gasteiger partial charge in [0.2, 0.25) is 0 Å². The molecule has 0 fully saturated rings. The number of hydrogen-bond acceptors (Lipinski definition) is 0. The van der Waals surface area contributed by atoms with Crippen LogP contribution < -0.4 is 0 Å². The fourth-order valence-electron chi connectivity index (χ4n) is 0.567. The molecule has 0 amide bonds. The molecule has 0 heterocycles. The summed E-state index contributed by atoms with van der Waals surface area (Å²) in [5, 5.41) is 0. The molecule has 0 unspecified atom stereocenters. The van der Waals surface area contributed by atoms with Crippen molar-refractivity contribution < 1.29 is 0 Å². The average molecular weight is 265 g/mol. The van der Waals surface area contributed by atoms with E-state index >= 15 is 0 Å². The van der Waals surface area contributed by atoms with Crippen molar-refractivity contribution in [3.63, 3.8) is 0 Å². The third-order valence-corrected chi connectivity index (χ3v) is 1.20. The van der Waals surface area contributed by atoms with Crippen LogP contribution in [0.5, 0.6) is 0 Å². The Bertz CT molecular complexity index is 979. The zero-order chi connectivity index (χ0) is 16.1. The van der Waals surface area contributed by atoms with Crippen LogP contribution in [-0.2, 0) is 0 Å². The van der Waals surface area contributed by atoms with E-state index in [-0.39, 0.29) is 0 Å². The summed E-state index contributed by atoms with van der Waals surface area (Å²) >= 11 is 0. The van der Waals surface area contributed by atoms with Crippen molar-refractivity contribution >= 4 is 0 Å². The summed E-state index contributed by atoms with van der Waals surface area (Å²) in [6.07, 6.45) is 11.4. The quantitative estimate of drug-likeness (QED) is 0.550. The molecular formula is C22H. The number of rotatable bonds is 0. The predicted molar refractivity (Wildman–Crippen MR) is 85.9 cm³/mol. The Morgan fingerprint density at radius 1 is 0.364 bits per heavy atom. The van der Waals surface area contributed by atoms with Crippen LogP contribution >= 0.6 is 0 Å². The van der Waals surface area contributed by atoms with Crippen molar-refractivity contribution in [1.82, 2.24) is 0 Å². The standard InChI is InChI=1S/C22H/c1-3-5-7-9-11-13-15-17-19-21-22-20-18-16-14-12-10-8-6-4-2/h1H. The lowest BCUT2D eigenvalue weighted by Crippen LogP contribution is -1.56. The molecule has 0 saturated carbocycles. The van der Waals surface area contributed by atoms with Gasteiger partial charge in [-0.2, -0.15) is 0 Å². The van der Waals surface area contributed by atoms with E-state index in [1.54, 1.807) is 0 Å². The van der Waals surface area contributed by atoms with Gasteiger partial charge in [0.15, 0.2) is 0 Å². The highest BCUT2D eigenvalue weighted by molar-refractivity contribution is 5.47. The molecule has 0 aromatic heterocycles. The Labute approximate surface area is 131 Å². The van der Waals surface area contributed by atoms with Crippen molar-refractivity contribution in [2.75, 3.05) is 0 Å². The van der Waals surface area contributed by atoms with Crippen LogP contribution in [0, 0.1) is 131 Å². The fraction of sp³-hybridized carbons (Fsp3) is 0. The van der Waals surface area contributed by atoms with E-state index in [1.807, 2.05) is 5.92 Å². The van der Waals surface area contributed by atoms with Crippen molar-refractivity contribution in [2.45, 2.75) is 0 Å². The molecule has 22 heavy (non-hydrogen) atoms. The third-order valence-electron chi connectivity index (χ3n) is 1.20. The molecule has 1 radical (unpaired) electrons. The molecule has 0 bridgehead atoms. The lowest BCUT2D eigenvalue weighted by atomic mass is 10.4. The smallest absolute Gasteiger partial charge is 0 e. The summed E-state index contributed by atoms with van der Waals surface area (Å²) in [6.45, 7) is 0. The molecule has 0 aromatic carbocycles. The molecule has 0 aliphatic rings. The monoisotopic (exact) mass is 265 g/mol. The molecule has 0 nitrogen and oxygen atoms in total. The van der Waals surface area contributed by atoms with Crippen LogP contribution in [0.15, 0.2) is 0 Å². The lowest BCUT2D eigenvalue weighted by Gasteiger charge is -1.56. The van der Waals surface area contributed by atoms with Crippen LogP contribution in [0.25, 0.3) is 0 Å². The van der Waals surface area contributed by atoms with Gasteiger partial charge in [0.05, 0.1) is 0 Å². The summed E-state index contributed by atoms with van der Waals surface area (Å²) in [5.41, 5.74) is 0. The molecule has 89 valence electrons. The third kappa shape index (κ3) is 15.2. The van der Waals surface area contributed by atoms with E-state index in [2.05, 4.69) is 112 Å². The molecule has 0 N–H and O–H groups in total. The lowest BCUT2D eigenvalue weighted by molar-refractivity contribution is 2.32.